The molecule has 0 aliphatic heterocycles. The largest absolute Gasteiger partial charge is 0.0622 e. The molecule has 0 nitrogen and oxygen atoms in total. The van der Waals surface area contributed by atoms with Crippen molar-refractivity contribution in [2.24, 2.45) is 0 Å². The van der Waals surface area contributed by atoms with Crippen LogP contribution in [0.15, 0.2) is 22.3 Å². The van der Waals surface area contributed by atoms with Crippen molar-refractivity contribution in [1.82, 2.24) is 0 Å². The monoisotopic (exact) mass is 104 g/mol. The lowest BCUT2D eigenvalue weighted by atomic mass is 9.63. The smallest absolute Gasteiger partial charge is 0.00962 e. The van der Waals surface area contributed by atoms with Crippen molar-refractivity contribution in [3.05, 3.63) is 22.3 Å². The predicted octanol–water partition coefficient (Wildman–Crippen LogP) is 2.18. The van der Waals surface area contributed by atoms with Crippen molar-refractivity contribution in [1.29, 1.82) is 0 Å². The van der Waals surface area contributed by atoms with Crippen molar-refractivity contribution in [3.63, 3.8) is 0 Å². The SMILES string of the molecule is C1C2=C3CC(=C1C2)C3. The Morgan fingerprint density at radius 1 is 0.500 bits per heavy atom. The third-order valence-corrected chi connectivity index (χ3v) is 2.71. The highest BCUT2D eigenvalue weighted by Crippen LogP contribution is 2.54. The van der Waals surface area contributed by atoms with Crippen LogP contribution in [0.4, 0.5) is 0 Å². The maximum Gasteiger partial charge on any atom is -0.00962 e. The Morgan fingerprint density at radius 3 is 0.875 bits per heavy atom. The number of hydrogen-bond donors (Lipinski definition) is 0. The predicted molar refractivity (Wildman–Crippen MR) is 32.5 cm³/mol. The second-order valence-electron chi connectivity index (χ2n) is 3.12. The topological polar surface area (TPSA) is 0 Å². The molecule has 0 aromatic carbocycles. The van der Waals surface area contributed by atoms with Crippen LogP contribution >= 0.6 is 0 Å². The van der Waals surface area contributed by atoms with Gasteiger partial charge in [0.2, 0.25) is 0 Å². The fraction of sp³-hybridized carbons (Fsp3) is 0.500. The molecule has 0 unspecified atom stereocenters. The molecule has 40 valence electrons. The first-order valence-electron chi connectivity index (χ1n) is 3.33. The molecule has 0 radical (unpaired) electrons. The number of allylic oxidation sites excluding steroid dienone is 4. The van der Waals surface area contributed by atoms with Gasteiger partial charge in [-0.3, -0.25) is 0 Å². The zero-order valence-corrected chi connectivity index (χ0v) is 4.83. The van der Waals surface area contributed by atoms with E-state index in [1.54, 1.807) is 22.3 Å². The molecule has 0 heteroatoms. The maximum absolute atomic E-state index is 1.79. The molecule has 0 amide bonds. The summed E-state index contributed by atoms with van der Waals surface area (Å²) in [5.74, 6) is 0. The van der Waals surface area contributed by atoms with Crippen LogP contribution in [0.2, 0.25) is 0 Å². The fourth-order valence-corrected chi connectivity index (χ4v) is 1.93. The van der Waals surface area contributed by atoms with Gasteiger partial charge in [-0.15, -0.1) is 0 Å². The third kappa shape index (κ3) is 0.199. The van der Waals surface area contributed by atoms with Gasteiger partial charge in [0, 0.05) is 0 Å². The maximum atomic E-state index is 1.79. The van der Waals surface area contributed by atoms with Crippen molar-refractivity contribution < 1.29 is 0 Å². The van der Waals surface area contributed by atoms with E-state index in [9.17, 15) is 0 Å². The highest BCUT2D eigenvalue weighted by Gasteiger charge is 2.35. The standard InChI is InChI=1S/C8H8/c1-5-2-6(1)8-3-7(5)4-8/h1-4H2. The van der Waals surface area contributed by atoms with Crippen molar-refractivity contribution >= 4 is 0 Å². The molecule has 0 saturated heterocycles. The molecule has 0 heterocycles. The first-order chi connectivity index (χ1) is 3.93. The van der Waals surface area contributed by atoms with E-state index >= 15 is 0 Å². The van der Waals surface area contributed by atoms with Crippen LogP contribution in [-0.2, 0) is 0 Å². The van der Waals surface area contributed by atoms with Gasteiger partial charge in [0.25, 0.3) is 0 Å². The van der Waals surface area contributed by atoms with Crippen LogP contribution < -0.4 is 0 Å². The summed E-state index contributed by atoms with van der Waals surface area (Å²) in [5.41, 5.74) is 7.15. The Bertz CT molecular complexity index is 162. The fourth-order valence-electron chi connectivity index (χ4n) is 1.93. The molecule has 2 saturated carbocycles. The van der Waals surface area contributed by atoms with E-state index < -0.39 is 0 Å². The Kier molecular flexibility index (Phi) is 0.355. The molecule has 0 spiro atoms. The summed E-state index contributed by atoms with van der Waals surface area (Å²) in [6.45, 7) is 0. The van der Waals surface area contributed by atoms with Crippen molar-refractivity contribution in [3.8, 4) is 0 Å². The summed E-state index contributed by atoms with van der Waals surface area (Å²) >= 11 is 0. The first kappa shape index (κ1) is 3.49. The second-order valence-corrected chi connectivity index (χ2v) is 3.12. The first-order valence-corrected chi connectivity index (χ1v) is 3.33. The molecule has 6 rings (SSSR count). The summed E-state index contributed by atoms with van der Waals surface area (Å²) in [5, 5.41) is 0. The molecule has 8 heavy (non-hydrogen) atoms. The van der Waals surface area contributed by atoms with Crippen LogP contribution in [-0.4, -0.2) is 0 Å². The highest BCUT2D eigenvalue weighted by atomic mass is 14.4. The molecule has 0 aromatic rings. The minimum atomic E-state index is 1.38. The summed E-state index contributed by atoms with van der Waals surface area (Å²) in [4.78, 5) is 0. The average molecular weight is 104 g/mol. The van der Waals surface area contributed by atoms with Gasteiger partial charge in [0.05, 0.1) is 0 Å². The summed E-state index contributed by atoms with van der Waals surface area (Å²) < 4.78 is 0. The Labute approximate surface area is 48.9 Å². The second kappa shape index (κ2) is 0.812. The normalized spacial score (nSPS) is 30.0. The molecular weight excluding hydrogens is 96.1 g/mol. The van der Waals surface area contributed by atoms with E-state index in [2.05, 4.69) is 0 Å². The quantitative estimate of drug-likeness (QED) is 0.413. The van der Waals surface area contributed by atoms with Crippen LogP contribution in [0.5, 0.6) is 0 Å². The summed E-state index contributed by atoms with van der Waals surface area (Å²) in [6.07, 6.45) is 5.52. The third-order valence-electron chi connectivity index (χ3n) is 2.71. The summed E-state index contributed by atoms with van der Waals surface area (Å²) in [6, 6.07) is 0. The van der Waals surface area contributed by atoms with Crippen LogP contribution in [0.25, 0.3) is 0 Å². The Balaban J connectivity index is 2.33. The lowest BCUT2D eigenvalue weighted by molar-refractivity contribution is 0.650. The van der Waals surface area contributed by atoms with E-state index in [-0.39, 0.29) is 0 Å². The lowest BCUT2D eigenvalue weighted by Gasteiger charge is -2.42. The minimum absolute atomic E-state index is 1.38. The molecular formula is C8H8. The van der Waals surface area contributed by atoms with Gasteiger partial charge in [-0.2, -0.15) is 0 Å². The molecule has 0 N–H and O–H groups in total. The lowest BCUT2D eigenvalue weighted by Crippen LogP contribution is -2.23. The van der Waals surface area contributed by atoms with E-state index in [1.807, 2.05) is 0 Å². The molecule has 0 atom stereocenters. The molecule has 0 aromatic heterocycles. The average Bonchev–Trinajstić information content (AvgIpc) is 1.60. The number of rotatable bonds is 0. The minimum Gasteiger partial charge on any atom is -0.0622 e. The Hall–Kier alpha value is -0.520. The van der Waals surface area contributed by atoms with Gasteiger partial charge >= 0.3 is 0 Å². The molecule has 6 aliphatic rings. The van der Waals surface area contributed by atoms with E-state index in [0.717, 1.165) is 0 Å². The zero-order valence-electron chi connectivity index (χ0n) is 4.83. The van der Waals surface area contributed by atoms with E-state index in [1.165, 1.54) is 25.7 Å². The van der Waals surface area contributed by atoms with Crippen LogP contribution in [0.1, 0.15) is 25.7 Å². The zero-order chi connectivity index (χ0) is 5.14. The van der Waals surface area contributed by atoms with Gasteiger partial charge in [0.15, 0.2) is 0 Å². The highest BCUT2D eigenvalue weighted by molar-refractivity contribution is 5.54. The summed E-state index contributed by atoms with van der Waals surface area (Å²) in [7, 11) is 0. The molecule has 4 bridgehead atoms. The van der Waals surface area contributed by atoms with Gasteiger partial charge in [-0.1, -0.05) is 22.3 Å². The van der Waals surface area contributed by atoms with Gasteiger partial charge in [-0.25, -0.2) is 0 Å². The molecule has 6 aliphatic carbocycles. The molecule has 2 fully saturated rings. The van der Waals surface area contributed by atoms with Gasteiger partial charge in [-0.05, 0) is 25.7 Å². The van der Waals surface area contributed by atoms with E-state index in [4.69, 9.17) is 0 Å². The van der Waals surface area contributed by atoms with Crippen molar-refractivity contribution in [2.75, 3.05) is 0 Å². The Morgan fingerprint density at radius 2 is 0.750 bits per heavy atom. The number of hydrogen-bond acceptors (Lipinski definition) is 0. The van der Waals surface area contributed by atoms with Gasteiger partial charge < -0.3 is 0 Å². The van der Waals surface area contributed by atoms with Crippen molar-refractivity contribution in [2.45, 2.75) is 25.7 Å². The van der Waals surface area contributed by atoms with E-state index in [0.29, 0.717) is 0 Å². The van der Waals surface area contributed by atoms with Gasteiger partial charge in [0.1, 0.15) is 0 Å². The van der Waals surface area contributed by atoms with Crippen LogP contribution in [0, 0.1) is 0 Å². The van der Waals surface area contributed by atoms with Crippen LogP contribution in [0.3, 0.4) is 0 Å².